The van der Waals surface area contributed by atoms with E-state index in [2.05, 4.69) is 26.4 Å². The fraction of sp³-hybridized carbons (Fsp3) is 0.250. The summed E-state index contributed by atoms with van der Waals surface area (Å²) in [5.74, 6) is 2.40. The van der Waals surface area contributed by atoms with Crippen LogP contribution in [0.5, 0.6) is 0 Å². The minimum atomic E-state index is -0.774. The molecule has 0 saturated carbocycles. The van der Waals surface area contributed by atoms with Crippen LogP contribution in [0, 0.1) is 12.3 Å². The zero-order chi connectivity index (χ0) is 23.6. The van der Waals surface area contributed by atoms with Gasteiger partial charge in [0.15, 0.2) is 5.13 Å². The Morgan fingerprint density at radius 2 is 1.82 bits per heavy atom. The lowest BCUT2D eigenvalue weighted by Gasteiger charge is -2.30. The predicted molar refractivity (Wildman–Crippen MR) is 138 cm³/mol. The van der Waals surface area contributed by atoms with E-state index in [1.54, 1.807) is 24.3 Å². The number of rotatable bonds is 5. The number of carbonyl (C=O) groups excluding carboxylic acids is 1. The van der Waals surface area contributed by atoms with Gasteiger partial charge in [-0.3, -0.25) is 10.1 Å². The SMILES string of the molecule is C#CC(C)(c1ccc(Cl)cc1)c1csc(NC(=O)c2c(Cl)cc(N3CCNCC3)cc2Cl)n1. The molecule has 2 aromatic carbocycles. The molecule has 1 unspecified atom stereocenters. The van der Waals surface area contributed by atoms with Gasteiger partial charge in [0, 0.05) is 42.3 Å². The standard InChI is InChI=1S/C24H21Cl3N4OS/c1-3-24(2,15-4-6-16(25)7-5-15)20-14-33-23(29-20)30-22(32)21-18(26)12-17(13-19(21)27)31-10-8-28-9-11-31/h1,4-7,12-14,28H,8-11H2,2H3,(H,29,30,32). The summed E-state index contributed by atoms with van der Waals surface area (Å²) in [5.41, 5.74) is 1.87. The monoisotopic (exact) mass is 518 g/mol. The van der Waals surface area contributed by atoms with Crippen LogP contribution in [0.15, 0.2) is 41.8 Å². The van der Waals surface area contributed by atoms with Gasteiger partial charge in [-0.1, -0.05) is 52.9 Å². The molecule has 1 aromatic heterocycles. The fourth-order valence-electron chi connectivity index (χ4n) is 3.69. The summed E-state index contributed by atoms with van der Waals surface area (Å²) in [6.45, 7) is 5.37. The molecule has 4 rings (SSSR count). The van der Waals surface area contributed by atoms with Crippen molar-refractivity contribution in [3.05, 3.63) is 73.7 Å². The molecule has 5 nitrogen and oxygen atoms in total. The molecule has 0 radical (unpaired) electrons. The Bertz CT molecular complexity index is 1190. The fourth-order valence-corrected chi connectivity index (χ4v) is 5.28. The van der Waals surface area contributed by atoms with Crippen molar-refractivity contribution < 1.29 is 4.79 Å². The molecule has 1 saturated heterocycles. The van der Waals surface area contributed by atoms with Gasteiger partial charge in [0.2, 0.25) is 0 Å². The van der Waals surface area contributed by atoms with Crippen LogP contribution < -0.4 is 15.5 Å². The molecule has 0 aliphatic carbocycles. The van der Waals surface area contributed by atoms with E-state index in [1.807, 2.05) is 24.4 Å². The Labute approximate surface area is 212 Å². The molecule has 33 heavy (non-hydrogen) atoms. The van der Waals surface area contributed by atoms with Gasteiger partial charge in [-0.15, -0.1) is 17.8 Å². The molecule has 1 fully saturated rings. The maximum atomic E-state index is 13.0. The Balaban J connectivity index is 1.55. The van der Waals surface area contributed by atoms with Gasteiger partial charge >= 0.3 is 0 Å². The quantitative estimate of drug-likeness (QED) is 0.424. The largest absolute Gasteiger partial charge is 0.369 e. The van der Waals surface area contributed by atoms with E-state index in [-0.39, 0.29) is 5.56 Å². The van der Waals surface area contributed by atoms with E-state index in [4.69, 9.17) is 41.2 Å². The number of nitrogens with one attached hydrogen (secondary N) is 2. The van der Waals surface area contributed by atoms with Gasteiger partial charge in [-0.05, 0) is 36.8 Å². The van der Waals surface area contributed by atoms with Gasteiger partial charge in [-0.25, -0.2) is 4.98 Å². The lowest BCUT2D eigenvalue weighted by molar-refractivity contribution is 0.102. The molecule has 0 spiro atoms. The number of hydrogen-bond acceptors (Lipinski definition) is 5. The molecule has 170 valence electrons. The maximum Gasteiger partial charge on any atom is 0.260 e. The second-order valence-corrected chi connectivity index (χ2v) is 9.90. The summed E-state index contributed by atoms with van der Waals surface area (Å²) in [6.07, 6.45) is 5.88. The number of hydrogen-bond donors (Lipinski definition) is 2. The summed E-state index contributed by atoms with van der Waals surface area (Å²) < 4.78 is 0. The zero-order valence-corrected chi connectivity index (χ0v) is 20.9. The molecule has 9 heteroatoms. The molecule has 1 aliphatic heterocycles. The van der Waals surface area contributed by atoms with Crippen molar-refractivity contribution in [2.24, 2.45) is 0 Å². The number of benzene rings is 2. The number of piperazine rings is 1. The Morgan fingerprint density at radius 1 is 1.18 bits per heavy atom. The number of carbonyl (C=O) groups is 1. The van der Waals surface area contributed by atoms with Gasteiger partial charge in [0.05, 0.1) is 26.7 Å². The van der Waals surface area contributed by atoms with Crippen molar-refractivity contribution >= 4 is 62.9 Å². The summed E-state index contributed by atoms with van der Waals surface area (Å²) in [5, 5.41) is 9.56. The van der Waals surface area contributed by atoms with Crippen LogP contribution in [0.3, 0.4) is 0 Å². The molecule has 1 atom stereocenters. The minimum Gasteiger partial charge on any atom is -0.369 e. The van der Waals surface area contributed by atoms with Crippen molar-refractivity contribution in [2.75, 3.05) is 36.4 Å². The number of halogens is 3. The summed E-state index contributed by atoms with van der Waals surface area (Å²) in [6, 6.07) is 10.9. The molecule has 2 heterocycles. The Morgan fingerprint density at radius 3 is 2.42 bits per heavy atom. The van der Waals surface area contributed by atoms with Crippen molar-refractivity contribution in [2.45, 2.75) is 12.3 Å². The first-order valence-corrected chi connectivity index (χ1v) is 12.3. The molecular weight excluding hydrogens is 499 g/mol. The van der Waals surface area contributed by atoms with Crippen LogP contribution in [-0.4, -0.2) is 37.1 Å². The van der Waals surface area contributed by atoms with Crippen LogP contribution >= 0.6 is 46.1 Å². The topological polar surface area (TPSA) is 57.3 Å². The Kier molecular flexibility index (Phi) is 7.18. The van der Waals surface area contributed by atoms with E-state index in [0.29, 0.717) is 25.9 Å². The number of nitrogens with zero attached hydrogens (tertiary/aromatic N) is 2. The number of aromatic nitrogens is 1. The summed E-state index contributed by atoms with van der Waals surface area (Å²) in [4.78, 5) is 19.7. The van der Waals surface area contributed by atoms with Crippen molar-refractivity contribution in [3.63, 3.8) is 0 Å². The van der Waals surface area contributed by atoms with Crippen molar-refractivity contribution in [1.29, 1.82) is 0 Å². The molecule has 1 amide bonds. The number of anilines is 2. The van der Waals surface area contributed by atoms with Crippen molar-refractivity contribution in [1.82, 2.24) is 10.3 Å². The lowest BCUT2D eigenvalue weighted by Crippen LogP contribution is -2.43. The van der Waals surface area contributed by atoms with Crippen LogP contribution in [0.25, 0.3) is 0 Å². The smallest absolute Gasteiger partial charge is 0.260 e. The Hall–Kier alpha value is -2.27. The van der Waals surface area contributed by atoms with Gasteiger partial charge < -0.3 is 10.2 Å². The van der Waals surface area contributed by atoms with Gasteiger partial charge in [0.25, 0.3) is 5.91 Å². The van der Waals surface area contributed by atoms with Crippen LogP contribution in [0.2, 0.25) is 15.1 Å². The summed E-state index contributed by atoms with van der Waals surface area (Å²) in [7, 11) is 0. The van der Waals surface area contributed by atoms with Gasteiger partial charge in [-0.2, -0.15) is 0 Å². The third-order valence-corrected chi connectivity index (χ3v) is 7.29. The highest BCUT2D eigenvalue weighted by atomic mass is 35.5. The lowest BCUT2D eigenvalue weighted by atomic mass is 9.81. The highest BCUT2D eigenvalue weighted by molar-refractivity contribution is 7.14. The zero-order valence-electron chi connectivity index (χ0n) is 17.8. The van der Waals surface area contributed by atoms with Crippen molar-refractivity contribution in [3.8, 4) is 12.3 Å². The first kappa shape index (κ1) is 23.9. The average molecular weight is 520 g/mol. The first-order valence-electron chi connectivity index (χ1n) is 10.3. The third-order valence-electron chi connectivity index (χ3n) is 5.68. The highest BCUT2D eigenvalue weighted by Crippen LogP contribution is 2.35. The highest BCUT2D eigenvalue weighted by Gasteiger charge is 2.30. The predicted octanol–water partition coefficient (Wildman–Crippen LogP) is 5.70. The summed E-state index contributed by atoms with van der Waals surface area (Å²) >= 11 is 20.2. The molecular formula is C24H21Cl3N4OS. The molecule has 3 aromatic rings. The minimum absolute atomic E-state index is 0.214. The average Bonchev–Trinajstić information content (AvgIpc) is 3.28. The third kappa shape index (κ3) is 4.98. The molecule has 1 aliphatic rings. The second-order valence-electron chi connectivity index (χ2n) is 7.79. The molecule has 0 bridgehead atoms. The maximum absolute atomic E-state index is 13.0. The van der Waals surface area contributed by atoms with E-state index in [0.717, 1.165) is 37.4 Å². The van der Waals surface area contributed by atoms with E-state index in [9.17, 15) is 4.79 Å². The van der Waals surface area contributed by atoms with Crippen LogP contribution in [-0.2, 0) is 5.41 Å². The number of amides is 1. The number of thiazole rings is 1. The molecule has 2 N–H and O–H groups in total. The number of terminal acetylenes is 1. The second kappa shape index (κ2) is 9.92. The van der Waals surface area contributed by atoms with Crippen LogP contribution in [0.4, 0.5) is 10.8 Å². The van der Waals surface area contributed by atoms with E-state index in [1.165, 1.54) is 11.3 Å². The van der Waals surface area contributed by atoms with Crippen LogP contribution in [0.1, 0.15) is 28.5 Å². The van der Waals surface area contributed by atoms with E-state index < -0.39 is 11.3 Å². The normalized spacial score (nSPS) is 15.5. The van der Waals surface area contributed by atoms with Gasteiger partial charge in [0.1, 0.15) is 0 Å². The first-order chi connectivity index (χ1) is 15.8. The van der Waals surface area contributed by atoms with E-state index >= 15 is 0 Å².